The first kappa shape index (κ1) is 8.75. The lowest BCUT2D eigenvalue weighted by Gasteiger charge is -2.24. The SMILES string of the molecule is CC(C)(C)c1ncc2n1CNCC2. The molecular formula is C10H17N3. The van der Waals surface area contributed by atoms with E-state index >= 15 is 0 Å². The van der Waals surface area contributed by atoms with Gasteiger partial charge in [-0.25, -0.2) is 4.98 Å². The maximum atomic E-state index is 4.49. The molecule has 1 aliphatic rings. The van der Waals surface area contributed by atoms with E-state index in [4.69, 9.17) is 0 Å². The van der Waals surface area contributed by atoms with Crippen molar-refractivity contribution >= 4 is 0 Å². The van der Waals surface area contributed by atoms with Crippen molar-refractivity contribution in [3.05, 3.63) is 17.7 Å². The Hall–Kier alpha value is -0.830. The number of nitrogens with one attached hydrogen (secondary N) is 1. The van der Waals surface area contributed by atoms with Gasteiger partial charge in [-0.05, 0) is 0 Å². The van der Waals surface area contributed by atoms with Crippen LogP contribution in [0, 0.1) is 0 Å². The van der Waals surface area contributed by atoms with E-state index in [1.807, 2.05) is 6.20 Å². The van der Waals surface area contributed by atoms with Gasteiger partial charge < -0.3 is 4.57 Å². The van der Waals surface area contributed by atoms with Gasteiger partial charge in [-0.1, -0.05) is 20.8 Å². The van der Waals surface area contributed by atoms with Gasteiger partial charge in [-0.15, -0.1) is 0 Å². The van der Waals surface area contributed by atoms with Crippen molar-refractivity contribution in [2.45, 2.75) is 39.3 Å². The zero-order valence-corrected chi connectivity index (χ0v) is 8.59. The highest BCUT2D eigenvalue weighted by Crippen LogP contribution is 2.22. The van der Waals surface area contributed by atoms with Crippen LogP contribution in [0.4, 0.5) is 0 Å². The van der Waals surface area contributed by atoms with E-state index in [1.54, 1.807) is 0 Å². The van der Waals surface area contributed by atoms with E-state index < -0.39 is 0 Å². The van der Waals surface area contributed by atoms with E-state index in [0.29, 0.717) is 0 Å². The van der Waals surface area contributed by atoms with Crippen molar-refractivity contribution in [3.63, 3.8) is 0 Å². The van der Waals surface area contributed by atoms with E-state index in [2.05, 4.69) is 35.6 Å². The zero-order valence-electron chi connectivity index (χ0n) is 8.59. The van der Waals surface area contributed by atoms with Crippen LogP contribution in [0.3, 0.4) is 0 Å². The van der Waals surface area contributed by atoms with Crippen LogP contribution in [0.1, 0.15) is 32.3 Å². The van der Waals surface area contributed by atoms with Gasteiger partial charge in [-0.3, -0.25) is 5.32 Å². The lowest BCUT2D eigenvalue weighted by molar-refractivity contribution is 0.432. The normalized spacial score (nSPS) is 17.2. The first-order valence-corrected chi connectivity index (χ1v) is 4.84. The Morgan fingerprint density at radius 2 is 2.23 bits per heavy atom. The Morgan fingerprint density at radius 3 is 2.92 bits per heavy atom. The summed E-state index contributed by atoms with van der Waals surface area (Å²) in [6.07, 6.45) is 3.12. The molecule has 2 heterocycles. The molecule has 0 atom stereocenters. The molecule has 0 aliphatic carbocycles. The molecule has 3 nitrogen and oxygen atoms in total. The molecule has 1 aromatic rings. The fourth-order valence-corrected chi connectivity index (χ4v) is 1.79. The standard InChI is InChI=1S/C10H17N3/c1-10(2,3)9-12-6-8-4-5-11-7-13(8)9/h6,11H,4-5,7H2,1-3H3. The van der Waals surface area contributed by atoms with Crippen LogP contribution in [-0.2, 0) is 18.5 Å². The number of imidazole rings is 1. The average molecular weight is 179 g/mol. The Labute approximate surface area is 79.2 Å². The third-order valence-electron chi connectivity index (χ3n) is 2.44. The highest BCUT2D eigenvalue weighted by molar-refractivity contribution is 5.13. The van der Waals surface area contributed by atoms with Crippen LogP contribution in [-0.4, -0.2) is 16.1 Å². The van der Waals surface area contributed by atoms with Gasteiger partial charge in [-0.2, -0.15) is 0 Å². The molecule has 2 rings (SSSR count). The molecule has 1 aliphatic heterocycles. The largest absolute Gasteiger partial charge is 0.318 e. The second-order valence-electron chi connectivity index (χ2n) is 4.66. The van der Waals surface area contributed by atoms with Crippen LogP contribution in [0.2, 0.25) is 0 Å². The number of fused-ring (bicyclic) bond motifs is 1. The summed E-state index contributed by atoms with van der Waals surface area (Å²) in [5.74, 6) is 1.19. The molecule has 0 aromatic carbocycles. The minimum absolute atomic E-state index is 0.150. The lowest BCUT2D eigenvalue weighted by Crippen LogP contribution is -2.32. The number of hydrogen-bond donors (Lipinski definition) is 1. The fraction of sp³-hybridized carbons (Fsp3) is 0.700. The summed E-state index contributed by atoms with van der Waals surface area (Å²) in [4.78, 5) is 4.49. The van der Waals surface area contributed by atoms with Crippen molar-refractivity contribution in [1.82, 2.24) is 14.9 Å². The second kappa shape index (κ2) is 2.84. The predicted octanol–water partition coefficient (Wildman–Crippen LogP) is 1.28. The quantitative estimate of drug-likeness (QED) is 0.650. The van der Waals surface area contributed by atoms with Crippen LogP contribution < -0.4 is 5.32 Å². The Bertz CT molecular complexity index is 306. The Balaban J connectivity index is 2.43. The third kappa shape index (κ3) is 1.48. The lowest BCUT2D eigenvalue weighted by atomic mass is 9.95. The van der Waals surface area contributed by atoms with Crippen molar-refractivity contribution in [3.8, 4) is 0 Å². The molecule has 0 fully saturated rings. The molecular weight excluding hydrogens is 162 g/mol. The second-order valence-corrected chi connectivity index (χ2v) is 4.66. The molecule has 0 amide bonds. The average Bonchev–Trinajstić information content (AvgIpc) is 2.45. The minimum atomic E-state index is 0.150. The van der Waals surface area contributed by atoms with Gasteiger partial charge in [0.05, 0.1) is 6.67 Å². The van der Waals surface area contributed by atoms with Crippen LogP contribution in [0.15, 0.2) is 6.20 Å². The monoisotopic (exact) mass is 179 g/mol. The number of rotatable bonds is 0. The first-order valence-electron chi connectivity index (χ1n) is 4.84. The van der Waals surface area contributed by atoms with Crippen molar-refractivity contribution in [2.24, 2.45) is 0 Å². The molecule has 0 radical (unpaired) electrons. The minimum Gasteiger partial charge on any atom is -0.318 e. The van der Waals surface area contributed by atoms with Gasteiger partial charge in [0, 0.05) is 30.3 Å². The predicted molar refractivity (Wildman–Crippen MR) is 52.6 cm³/mol. The highest BCUT2D eigenvalue weighted by Gasteiger charge is 2.23. The highest BCUT2D eigenvalue weighted by atomic mass is 15.2. The first-order chi connectivity index (χ1) is 6.09. The Kier molecular flexibility index (Phi) is 1.91. The summed E-state index contributed by atoms with van der Waals surface area (Å²) in [5, 5.41) is 3.36. The molecule has 0 saturated heterocycles. The fourth-order valence-electron chi connectivity index (χ4n) is 1.79. The molecule has 3 heteroatoms. The summed E-state index contributed by atoms with van der Waals surface area (Å²) < 4.78 is 2.30. The summed E-state index contributed by atoms with van der Waals surface area (Å²) in [5.41, 5.74) is 1.51. The smallest absolute Gasteiger partial charge is 0.115 e. The topological polar surface area (TPSA) is 29.9 Å². The van der Waals surface area contributed by atoms with E-state index in [-0.39, 0.29) is 5.41 Å². The van der Waals surface area contributed by atoms with Crippen LogP contribution >= 0.6 is 0 Å². The molecule has 1 aromatic heterocycles. The summed E-state index contributed by atoms with van der Waals surface area (Å²) in [7, 11) is 0. The number of aromatic nitrogens is 2. The maximum absolute atomic E-state index is 4.49. The third-order valence-corrected chi connectivity index (χ3v) is 2.44. The Morgan fingerprint density at radius 1 is 1.46 bits per heavy atom. The van der Waals surface area contributed by atoms with Gasteiger partial charge in [0.25, 0.3) is 0 Å². The van der Waals surface area contributed by atoms with E-state index in [9.17, 15) is 0 Å². The van der Waals surface area contributed by atoms with Crippen LogP contribution in [0.25, 0.3) is 0 Å². The van der Waals surface area contributed by atoms with Crippen molar-refractivity contribution in [1.29, 1.82) is 0 Å². The van der Waals surface area contributed by atoms with E-state index in [1.165, 1.54) is 11.5 Å². The maximum Gasteiger partial charge on any atom is 0.115 e. The molecule has 0 saturated carbocycles. The van der Waals surface area contributed by atoms with Gasteiger partial charge in [0.15, 0.2) is 0 Å². The summed E-state index contributed by atoms with van der Waals surface area (Å²) in [6, 6.07) is 0. The van der Waals surface area contributed by atoms with Crippen LogP contribution in [0.5, 0.6) is 0 Å². The molecule has 0 spiro atoms. The van der Waals surface area contributed by atoms with Crippen molar-refractivity contribution in [2.75, 3.05) is 6.54 Å². The summed E-state index contributed by atoms with van der Waals surface area (Å²) >= 11 is 0. The zero-order chi connectivity index (χ0) is 9.47. The molecule has 1 N–H and O–H groups in total. The van der Waals surface area contributed by atoms with Crippen molar-refractivity contribution < 1.29 is 0 Å². The molecule has 13 heavy (non-hydrogen) atoms. The number of nitrogens with zero attached hydrogens (tertiary/aromatic N) is 2. The summed E-state index contributed by atoms with van der Waals surface area (Å²) in [6.45, 7) is 8.61. The van der Waals surface area contributed by atoms with Gasteiger partial charge in [0.2, 0.25) is 0 Å². The van der Waals surface area contributed by atoms with E-state index in [0.717, 1.165) is 19.6 Å². The van der Waals surface area contributed by atoms with Gasteiger partial charge in [0.1, 0.15) is 5.82 Å². The number of hydrogen-bond acceptors (Lipinski definition) is 2. The molecule has 72 valence electrons. The van der Waals surface area contributed by atoms with Gasteiger partial charge >= 0.3 is 0 Å². The molecule has 0 bridgehead atoms. The molecule has 0 unspecified atom stereocenters.